The van der Waals surface area contributed by atoms with E-state index in [1.165, 1.54) is 6.20 Å². The Bertz CT molecular complexity index is 631. The Hall–Kier alpha value is -1.82. The van der Waals surface area contributed by atoms with Gasteiger partial charge in [-0.05, 0) is 12.0 Å². The largest absolute Gasteiger partial charge is 0.595 e. The molecule has 0 radical (unpaired) electrons. The Morgan fingerprint density at radius 1 is 1.47 bits per heavy atom. The quantitative estimate of drug-likeness (QED) is 0.715. The van der Waals surface area contributed by atoms with Crippen molar-refractivity contribution in [3.63, 3.8) is 0 Å². The van der Waals surface area contributed by atoms with Crippen LogP contribution in [0.4, 0.5) is 5.82 Å². The van der Waals surface area contributed by atoms with Crippen molar-refractivity contribution in [2.24, 2.45) is 5.92 Å². The monoisotopic (exact) mass is 259 g/mol. The number of fused-ring (bicyclic) bond motifs is 3. The molecule has 0 amide bonds. The lowest BCUT2D eigenvalue weighted by atomic mass is 10.1. The molecule has 2 heterocycles. The van der Waals surface area contributed by atoms with Gasteiger partial charge in [-0.1, -0.05) is 25.1 Å². The first-order chi connectivity index (χ1) is 9.16. The van der Waals surface area contributed by atoms with Gasteiger partial charge in [0.2, 0.25) is 0 Å². The number of anilines is 1. The molecule has 100 valence electrons. The number of hydrogen-bond acceptors (Lipinski definition) is 3. The Labute approximate surface area is 111 Å². The van der Waals surface area contributed by atoms with Gasteiger partial charge in [-0.3, -0.25) is 0 Å². The van der Waals surface area contributed by atoms with Crippen LogP contribution >= 0.6 is 0 Å². The van der Waals surface area contributed by atoms with E-state index in [9.17, 15) is 5.21 Å². The molecule has 1 aliphatic heterocycles. The average Bonchev–Trinajstić information content (AvgIpc) is 2.70. The van der Waals surface area contributed by atoms with Gasteiger partial charge in [0.25, 0.3) is 0 Å². The number of hydrogen-bond donors (Lipinski definition) is 3. The van der Waals surface area contributed by atoms with Crippen molar-refractivity contribution in [2.75, 3.05) is 11.9 Å². The lowest BCUT2D eigenvalue weighted by Gasteiger charge is -2.24. The Morgan fingerprint density at radius 2 is 2.26 bits per heavy atom. The highest BCUT2D eigenvalue weighted by molar-refractivity contribution is 5.96. The summed E-state index contributed by atoms with van der Waals surface area (Å²) in [6, 6.07) is 8.11. The van der Waals surface area contributed by atoms with E-state index < -0.39 is 5.23 Å². The minimum atomic E-state index is -0.923. The van der Waals surface area contributed by atoms with Gasteiger partial charge in [-0.25, -0.2) is 10.4 Å². The maximum absolute atomic E-state index is 10.7. The summed E-state index contributed by atoms with van der Waals surface area (Å²) in [7, 11) is 0. The molecule has 0 saturated heterocycles. The van der Waals surface area contributed by atoms with Gasteiger partial charge >= 0.3 is 0 Å². The van der Waals surface area contributed by atoms with E-state index in [2.05, 4.69) is 22.9 Å². The van der Waals surface area contributed by atoms with Crippen LogP contribution in [0.5, 0.6) is 0 Å². The van der Waals surface area contributed by atoms with Crippen LogP contribution in [0.15, 0.2) is 30.5 Å². The van der Waals surface area contributed by atoms with E-state index >= 15 is 0 Å². The van der Waals surface area contributed by atoms with Crippen LogP contribution in [-0.2, 0) is 6.54 Å². The zero-order valence-electron chi connectivity index (χ0n) is 10.8. The van der Waals surface area contributed by atoms with Crippen molar-refractivity contribution < 1.29 is 10.4 Å². The van der Waals surface area contributed by atoms with Gasteiger partial charge in [0.05, 0.1) is 5.52 Å². The van der Waals surface area contributed by atoms with Gasteiger partial charge < -0.3 is 15.1 Å². The SMILES string of the molecule is C[C@H]1CNc2c(C=C[NH+]([O-])O)c3ccccc3n2C1. The third kappa shape index (κ3) is 2.12. The van der Waals surface area contributed by atoms with Crippen molar-refractivity contribution in [3.8, 4) is 0 Å². The van der Waals surface area contributed by atoms with E-state index in [4.69, 9.17) is 5.21 Å². The normalized spacial score (nSPS) is 20.5. The molecule has 0 aliphatic carbocycles. The van der Waals surface area contributed by atoms with Crippen LogP contribution in [0.1, 0.15) is 12.5 Å². The smallest absolute Gasteiger partial charge is 0.128 e. The van der Waals surface area contributed by atoms with Gasteiger partial charge in [0, 0.05) is 30.1 Å². The maximum atomic E-state index is 10.7. The highest BCUT2D eigenvalue weighted by Gasteiger charge is 2.21. The predicted octanol–water partition coefficient (Wildman–Crippen LogP) is 1.45. The van der Waals surface area contributed by atoms with Crippen molar-refractivity contribution in [1.82, 2.24) is 4.57 Å². The number of nitrogens with zero attached hydrogens (tertiary/aromatic N) is 1. The Kier molecular flexibility index (Phi) is 3.02. The lowest BCUT2D eigenvalue weighted by Crippen LogP contribution is -2.99. The summed E-state index contributed by atoms with van der Waals surface area (Å²) < 4.78 is 2.24. The van der Waals surface area contributed by atoms with Crippen LogP contribution in [0, 0.1) is 11.1 Å². The third-order valence-corrected chi connectivity index (χ3v) is 3.51. The number of hydroxylamine groups is 2. The Balaban J connectivity index is 2.20. The third-order valence-electron chi connectivity index (χ3n) is 3.51. The number of quaternary nitrogens is 1. The summed E-state index contributed by atoms with van der Waals surface area (Å²) in [5.74, 6) is 1.59. The van der Waals surface area contributed by atoms with Gasteiger partial charge in [-0.15, -0.1) is 0 Å². The molecule has 19 heavy (non-hydrogen) atoms. The van der Waals surface area contributed by atoms with Gasteiger partial charge in [0.1, 0.15) is 12.0 Å². The van der Waals surface area contributed by atoms with Gasteiger partial charge in [0.15, 0.2) is 0 Å². The Morgan fingerprint density at radius 3 is 3.05 bits per heavy atom. The molecular formula is C14H17N3O2. The minimum absolute atomic E-state index is 0.569. The van der Waals surface area contributed by atoms with E-state index in [-0.39, 0.29) is 0 Å². The maximum Gasteiger partial charge on any atom is 0.128 e. The second-order valence-corrected chi connectivity index (χ2v) is 5.05. The number of rotatable bonds is 2. The van der Waals surface area contributed by atoms with Crippen molar-refractivity contribution in [2.45, 2.75) is 13.5 Å². The fourth-order valence-corrected chi connectivity index (χ4v) is 2.68. The molecule has 5 nitrogen and oxygen atoms in total. The molecule has 0 bridgehead atoms. The van der Waals surface area contributed by atoms with E-state index in [1.54, 1.807) is 6.08 Å². The number of para-hydroxylation sites is 1. The summed E-state index contributed by atoms with van der Waals surface area (Å²) in [5.41, 5.74) is 2.12. The van der Waals surface area contributed by atoms with Gasteiger partial charge in [-0.2, -0.15) is 0 Å². The van der Waals surface area contributed by atoms with E-state index in [1.807, 2.05) is 18.2 Å². The zero-order chi connectivity index (χ0) is 13.4. The zero-order valence-corrected chi connectivity index (χ0v) is 10.8. The molecule has 1 unspecified atom stereocenters. The molecule has 2 aromatic rings. The fourth-order valence-electron chi connectivity index (χ4n) is 2.68. The summed E-state index contributed by atoms with van der Waals surface area (Å²) in [6.45, 7) is 4.09. The first kappa shape index (κ1) is 12.2. The van der Waals surface area contributed by atoms with Crippen molar-refractivity contribution in [3.05, 3.63) is 41.2 Å². The van der Waals surface area contributed by atoms with Crippen molar-refractivity contribution in [1.29, 1.82) is 0 Å². The standard InChI is InChI=1S/C14H17N3O2/c1-10-8-15-14-12(6-7-17(18)19)11-4-2-3-5-13(11)16(14)9-10/h2-7,10,15,17-18H,8-9H2,1H3/t10-/m0/s1. The second-order valence-electron chi connectivity index (χ2n) is 5.05. The summed E-state index contributed by atoms with van der Waals surface area (Å²) in [5, 5.41) is 23.1. The molecule has 2 atom stereocenters. The first-order valence-corrected chi connectivity index (χ1v) is 6.43. The molecule has 1 aromatic heterocycles. The average molecular weight is 259 g/mol. The highest BCUT2D eigenvalue weighted by Crippen LogP contribution is 2.34. The van der Waals surface area contributed by atoms with Crippen LogP contribution in [0.3, 0.4) is 0 Å². The molecule has 1 aliphatic rings. The molecule has 0 saturated carbocycles. The van der Waals surface area contributed by atoms with Crippen LogP contribution in [-0.4, -0.2) is 16.3 Å². The molecule has 3 rings (SSSR count). The molecule has 5 heteroatoms. The second kappa shape index (κ2) is 4.70. The number of aromatic nitrogens is 1. The molecular weight excluding hydrogens is 242 g/mol. The predicted molar refractivity (Wildman–Crippen MR) is 74.7 cm³/mol. The molecule has 0 fully saturated rings. The van der Waals surface area contributed by atoms with Crippen LogP contribution < -0.4 is 10.5 Å². The number of benzene rings is 1. The topological polar surface area (TPSA) is 64.7 Å². The summed E-state index contributed by atoms with van der Waals surface area (Å²) >= 11 is 0. The molecule has 0 spiro atoms. The minimum Gasteiger partial charge on any atom is -0.595 e. The van der Waals surface area contributed by atoms with E-state index in [0.29, 0.717) is 5.92 Å². The molecule has 3 N–H and O–H groups in total. The van der Waals surface area contributed by atoms with Crippen molar-refractivity contribution >= 4 is 22.8 Å². The van der Waals surface area contributed by atoms with Crippen LogP contribution in [0.2, 0.25) is 0 Å². The fraction of sp³-hybridized carbons (Fsp3) is 0.286. The lowest BCUT2D eigenvalue weighted by molar-refractivity contribution is -1.00. The molecule has 1 aromatic carbocycles. The first-order valence-electron chi connectivity index (χ1n) is 6.43. The van der Waals surface area contributed by atoms with E-state index in [0.717, 1.165) is 35.4 Å². The highest BCUT2D eigenvalue weighted by atomic mass is 16.8. The number of nitrogens with one attached hydrogen (secondary N) is 2. The summed E-state index contributed by atoms with van der Waals surface area (Å²) in [6.07, 6.45) is 2.88. The summed E-state index contributed by atoms with van der Waals surface area (Å²) in [4.78, 5) is 0. The van der Waals surface area contributed by atoms with Crippen LogP contribution in [0.25, 0.3) is 17.0 Å².